The predicted octanol–water partition coefficient (Wildman–Crippen LogP) is 2.62. The Morgan fingerprint density at radius 1 is 1.39 bits per heavy atom. The summed E-state index contributed by atoms with van der Waals surface area (Å²) in [7, 11) is 1.27. The number of amides is 1. The van der Waals surface area contributed by atoms with Crippen LogP contribution < -0.4 is 5.32 Å². The monoisotopic (exact) mass is 314 g/mol. The first kappa shape index (κ1) is 14.6. The number of anilines is 1. The molecule has 0 atom stereocenters. The van der Waals surface area contributed by atoms with Gasteiger partial charge in [0, 0.05) is 16.1 Å². The summed E-state index contributed by atoms with van der Waals surface area (Å²) in [5, 5.41) is 2.67. The van der Waals surface area contributed by atoms with Crippen LogP contribution in [0.4, 0.5) is 5.69 Å². The SMILES string of the molecule is COC(=O)c1ncc(Br)cc1NC(=O)C(C)(C)C. The number of nitrogens with one attached hydrogen (secondary N) is 1. The first-order valence-corrected chi connectivity index (χ1v) is 6.10. The highest BCUT2D eigenvalue weighted by Gasteiger charge is 2.24. The van der Waals surface area contributed by atoms with Crippen molar-refractivity contribution in [3.8, 4) is 0 Å². The molecular formula is C12H15BrN2O3. The summed E-state index contributed by atoms with van der Waals surface area (Å²) in [5.74, 6) is -0.792. The summed E-state index contributed by atoms with van der Waals surface area (Å²) >= 11 is 3.24. The molecule has 0 aliphatic heterocycles. The number of carbonyl (C=O) groups excluding carboxylic acids is 2. The Balaban J connectivity index is 3.11. The molecule has 0 saturated heterocycles. The molecule has 0 aliphatic carbocycles. The van der Waals surface area contributed by atoms with E-state index in [1.54, 1.807) is 26.8 Å². The molecule has 1 N–H and O–H groups in total. The second-order valence-electron chi connectivity index (χ2n) is 4.75. The molecule has 0 saturated carbocycles. The zero-order chi connectivity index (χ0) is 13.9. The normalized spacial score (nSPS) is 10.9. The summed E-state index contributed by atoms with van der Waals surface area (Å²) in [6, 6.07) is 1.61. The Kier molecular flexibility index (Phi) is 4.45. The number of ether oxygens (including phenoxy) is 1. The van der Waals surface area contributed by atoms with Gasteiger partial charge >= 0.3 is 5.97 Å². The van der Waals surface area contributed by atoms with Crippen molar-refractivity contribution in [1.29, 1.82) is 0 Å². The van der Waals surface area contributed by atoms with Gasteiger partial charge in [0.05, 0.1) is 12.8 Å². The van der Waals surface area contributed by atoms with E-state index >= 15 is 0 Å². The first-order chi connectivity index (χ1) is 8.25. The predicted molar refractivity (Wildman–Crippen MR) is 71.4 cm³/mol. The highest BCUT2D eigenvalue weighted by atomic mass is 79.9. The highest BCUT2D eigenvalue weighted by molar-refractivity contribution is 9.10. The van der Waals surface area contributed by atoms with Gasteiger partial charge in [-0.25, -0.2) is 9.78 Å². The van der Waals surface area contributed by atoms with E-state index in [9.17, 15) is 9.59 Å². The molecule has 5 nitrogen and oxygen atoms in total. The smallest absolute Gasteiger partial charge is 0.358 e. The number of nitrogens with zero attached hydrogens (tertiary/aromatic N) is 1. The molecule has 0 spiro atoms. The molecule has 1 heterocycles. The van der Waals surface area contributed by atoms with Gasteiger partial charge in [-0.05, 0) is 22.0 Å². The van der Waals surface area contributed by atoms with E-state index in [0.717, 1.165) is 0 Å². The van der Waals surface area contributed by atoms with E-state index in [1.807, 2.05) is 0 Å². The number of methoxy groups -OCH3 is 1. The maximum Gasteiger partial charge on any atom is 0.358 e. The fourth-order valence-electron chi connectivity index (χ4n) is 1.10. The van der Waals surface area contributed by atoms with E-state index < -0.39 is 11.4 Å². The second kappa shape index (κ2) is 5.48. The Labute approximate surface area is 114 Å². The molecule has 0 unspecified atom stereocenters. The molecule has 0 aromatic carbocycles. The molecule has 1 amide bonds. The number of rotatable bonds is 2. The van der Waals surface area contributed by atoms with Crippen LogP contribution in [0.3, 0.4) is 0 Å². The maximum absolute atomic E-state index is 11.9. The number of pyridine rings is 1. The largest absolute Gasteiger partial charge is 0.464 e. The summed E-state index contributed by atoms with van der Waals surface area (Å²) in [6.45, 7) is 5.35. The Bertz CT molecular complexity index is 481. The quantitative estimate of drug-likeness (QED) is 0.852. The Morgan fingerprint density at radius 3 is 2.50 bits per heavy atom. The maximum atomic E-state index is 11.9. The first-order valence-electron chi connectivity index (χ1n) is 5.31. The van der Waals surface area contributed by atoms with Gasteiger partial charge in [-0.15, -0.1) is 0 Å². The lowest BCUT2D eigenvalue weighted by Crippen LogP contribution is -2.28. The topological polar surface area (TPSA) is 68.3 Å². The van der Waals surface area contributed by atoms with Crippen molar-refractivity contribution in [2.45, 2.75) is 20.8 Å². The minimum atomic E-state index is -0.591. The molecule has 1 rings (SSSR count). The molecular weight excluding hydrogens is 300 g/mol. The van der Waals surface area contributed by atoms with E-state index in [4.69, 9.17) is 0 Å². The molecule has 0 fully saturated rings. The standard InChI is InChI=1S/C12H15BrN2O3/c1-12(2,3)11(17)15-8-5-7(13)6-14-9(8)10(16)18-4/h5-6H,1-4H3,(H,15,17). The number of hydrogen-bond donors (Lipinski definition) is 1. The van der Waals surface area contributed by atoms with Gasteiger partial charge < -0.3 is 10.1 Å². The van der Waals surface area contributed by atoms with Gasteiger partial charge in [-0.3, -0.25) is 4.79 Å². The molecule has 0 aliphatic rings. The van der Waals surface area contributed by atoms with Crippen LogP contribution in [-0.4, -0.2) is 24.0 Å². The van der Waals surface area contributed by atoms with Crippen molar-refractivity contribution < 1.29 is 14.3 Å². The average Bonchev–Trinajstić information content (AvgIpc) is 2.27. The van der Waals surface area contributed by atoms with Gasteiger partial charge in [0.1, 0.15) is 0 Å². The number of halogens is 1. The van der Waals surface area contributed by atoms with Crippen LogP contribution in [0.15, 0.2) is 16.7 Å². The lowest BCUT2D eigenvalue weighted by Gasteiger charge is -2.18. The number of hydrogen-bond acceptors (Lipinski definition) is 4. The number of carbonyl (C=O) groups is 2. The molecule has 18 heavy (non-hydrogen) atoms. The van der Waals surface area contributed by atoms with Crippen LogP contribution in [0.1, 0.15) is 31.3 Å². The van der Waals surface area contributed by atoms with Crippen molar-refractivity contribution in [1.82, 2.24) is 4.98 Å². The van der Waals surface area contributed by atoms with Gasteiger partial charge in [-0.1, -0.05) is 20.8 Å². The molecule has 1 aromatic heterocycles. The summed E-state index contributed by atoms with van der Waals surface area (Å²) in [5.41, 5.74) is -0.148. The van der Waals surface area contributed by atoms with Gasteiger partial charge in [0.15, 0.2) is 5.69 Å². The van der Waals surface area contributed by atoms with Crippen LogP contribution in [0, 0.1) is 5.41 Å². The molecule has 1 aromatic rings. The lowest BCUT2D eigenvalue weighted by molar-refractivity contribution is -0.123. The minimum Gasteiger partial charge on any atom is -0.464 e. The van der Waals surface area contributed by atoms with Crippen LogP contribution in [0.25, 0.3) is 0 Å². The average molecular weight is 315 g/mol. The number of esters is 1. The fourth-order valence-corrected chi connectivity index (χ4v) is 1.44. The van der Waals surface area contributed by atoms with Crippen molar-refractivity contribution in [3.63, 3.8) is 0 Å². The molecule has 98 valence electrons. The van der Waals surface area contributed by atoms with Crippen molar-refractivity contribution in [2.24, 2.45) is 5.41 Å². The third kappa shape index (κ3) is 3.53. The highest BCUT2D eigenvalue weighted by Crippen LogP contribution is 2.23. The third-order valence-corrected chi connectivity index (χ3v) is 2.60. The third-order valence-electron chi connectivity index (χ3n) is 2.16. The van der Waals surface area contributed by atoms with Crippen molar-refractivity contribution in [2.75, 3.05) is 12.4 Å². The van der Waals surface area contributed by atoms with E-state index in [0.29, 0.717) is 10.2 Å². The van der Waals surface area contributed by atoms with Gasteiger partial charge in [-0.2, -0.15) is 0 Å². The Morgan fingerprint density at radius 2 is 2.00 bits per heavy atom. The number of aromatic nitrogens is 1. The molecule has 0 bridgehead atoms. The Hall–Kier alpha value is -1.43. The molecule has 6 heteroatoms. The van der Waals surface area contributed by atoms with E-state index in [1.165, 1.54) is 13.3 Å². The molecule has 0 radical (unpaired) electrons. The summed E-state index contributed by atoms with van der Waals surface area (Å²) < 4.78 is 5.28. The van der Waals surface area contributed by atoms with Crippen LogP contribution in [-0.2, 0) is 9.53 Å². The fraction of sp³-hybridized carbons (Fsp3) is 0.417. The lowest BCUT2D eigenvalue weighted by atomic mass is 9.95. The minimum absolute atomic E-state index is 0.0818. The van der Waals surface area contributed by atoms with E-state index in [-0.39, 0.29) is 11.6 Å². The van der Waals surface area contributed by atoms with Crippen molar-refractivity contribution >= 4 is 33.5 Å². The van der Waals surface area contributed by atoms with Crippen LogP contribution in [0.2, 0.25) is 0 Å². The van der Waals surface area contributed by atoms with Crippen molar-refractivity contribution in [3.05, 3.63) is 22.4 Å². The summed E-state index contributed by atoms with van der Waals surface area (Å²) in [6.07, 6.45) is 1.47. The zero-order valence-electron chi connectivity index (χ0n) is 10.7. The van der Waals surface area contributed by atoms with Gasteiger partial charge in [0.25, 0.3) is 0 Å². The van der Waals surface area contributed by atoms with Crippen LogP contribution in [0.5, 0.6) is 0 Å². The van der Waals surface area contributed by atoms with Gasteiger partial charge in [0.2, 0.25) is 5.91 Å². The summed E-state index contributed by atoms with van der Waals surface area (Å²) in [4.78, 5) is 27.4. The van der Waals surface area contributed by atoms with Crippen LogP contribution >= 0.6 is 15.9 Å². The van der Waals surface area contributed by atoms with E-state index in [2.05, 4.69) is 31.0 Å². The zero-order valence-corrected chi connectivity index (χ0v) is 12.3. The second-order valence-corrected chi connectivity index (χ2v) is 5.66.